The lowest BCUT2D eigenvalue weighted by Crippen LogP contribution is -2.21. The van der Waals surface area contributed by atoms with Gasteiger partial charge < -0.3 is 10.2 Å². The molecule has 0 bridgehead atoms. The van der Waals surface area contributed by atoms with E-state index in [0.717, 1.165) is 41.2 Å². The zero-order chi connectivity index (χ0) is 18.8. The van der Waals surface area contributed by atoms with Crippen LogP contribution in [0.5, 0.6) is 0 Å². The van der Waals surface area contributed by atoms with Crippen LogP contribution in [0.3, 0.4) is 0 Å². The summed E-state index contributed by atoms with van der Waals surface area (Å²) in [5, 5.41) is 6.99. The van der Waals surface area contributed by atoms with Crippen molar-refractivity contribution in [3.05, 3.63) is 66.2 Å². The number of rotatable bonds is 5. The first-order valence-corrected chi connectivity index (χ1v) is 9.26. The van der Waals surface area contributed by atoms with E-state index in [-0.39, 0.29) is 0 Å². The lowest BCUT2D eigenvalue weighted by Gasteiger charge is -2.14. The lowest BCUT2D eigenvalue weighted by molar-refractivity contribution is 0.425. The molecule has 0 saturated carbocycles. The molecule has 0 saturated heterocycles. The van der Waals surface area contributed by atoms with Crippen molar-refractivity contribution >= 4 is 27.5 Å². The fourth-order valence-electron chi connectivity index (χ4n) is 3.23. The number of nitrogens with zero attached hydrogens (tertiary/aromatic N) is 3. The standard InChI is InChI=1S/C23H24N4/c1-16-8-11-21-20(14-16)23(24-12-13-27(2)3)26-22(25-21)19-10-9-17-6-4-5-7-18(17)15-19/h4-11,14-15H,12-13H2,1-3H3,(H,24,25,26). The second-order valence-corrected chi connectivity index (χ2v) is 7.21. The van der Waals surface area contributed by atoms with Crippen molar-refractivity contribution in [2.45, 2.75) is 6.92 Å². The van der Waals surface area contributed by atoms with Gasteiger partial charge in [-0.05, 0) is 50.0 Å². The van der Waals surface area contributed by atoms with Gasteiger partial charge in [0.25, 0.3) is 0 Å². The van der Waals surface area contributed by atoms with Crippen LogP contribution >= 0.6 is 0 Å². The molecule has 0 aliphatic carbocycles. The molecule has 4 nitrogen and oxygen atoms in total. The fourth-order valence-corrected chi connectivity index (χ4v) is 3.23. The van der Waals surface area contributed by atoms with E-state index in [1.807, 2.05) is 0 Å². The molecule has 4 heteroatoms. The number of hydrogen-bond acceptors (Lipinski definition) is 4. The molecule has 3 aromatic carbocycles. The maximum Gasteiger partial charge on any atom is 0.162 e. The van der Waals surface area contributed by atoms with Gasteiger partial charge >= 0.3 is 0 Å². The van der Waals surface area contributed by atoms with Gasteiger partial charge in [0.2, 0.25) is 0 Å². The van der Waals surface area contributed by atoms with Gasteiger partial charge in [-0.3, -0.25) is 0 Å². The van der Waals surface area contributed by atoms with E-state index in [1.54, 1.807) is 0 Å². The van der Waals surface area contributed by atoms with Crippen LogP contribution < -0.4 is 5.32 Å². The van der Waals surface area contributed by atoms with E-state index in [0.29, 0.717) is 0 Å². The third kappa shape index (κ3) is 3.76. The minimum Gasteiger partial charge on any atom is -0.368 e. The predicted molar refractivity (Wildman–Crippen MR) is 114 cm³/mol. The molecular weight excluding hydrogens is 332 g/mol. The van der Waals surface area contributed by atoms with E-state index in [4.69, 9.17) is 9.97 Å². The van der Waals surface area contributed by atoms with E-state index < -0.39 is 0 Å². The molecule has 0 amide bonds. The molecule has 0 radical (unpaired) electrons. The molecule has 0 aliphatic rings. The van der Waals surface area contributed by atoms with Crippen LogP contribution in [-0.2, 0) is 0 Å². The van der Waals surface area contributed by atoms with Gasteiger partial charge in [0.1, 0.15) is 5.82 Å². The van der Waals surface area contributed by atoms with E-state index in [1.165, 1.54) is 16.3 Å². The summed E-state index contributed by atoms with van der Waals surface area (Å²) in [6.07, 6.45) is 0. The number of benzene rings is 3. The molecule has 0 atom stereocenters. The second kappa shape index (κ2) is 7.33. The molecule has 1 aromatic heterocycles. The molecule has 4 aromatic rings. The Labute approximate surface area is 159 Å². The first kappa shape index (κ1) is 17.4. The van der Waals surface area contributed by atoms with Crippen molar-refractivity contribution < 1.29 is 0 Å². The van der Waals surface area contributed by atoms with Crippen molar-refractivity contribution in [2.75, 3.05) is 32.5 Å². The second-order valence-electron chi connectivity index (χ2n) is 7.21. The maximum absolute atomic E-state index is 4.88. The third-order valence-electron chi connectivity index (χ3n) is 4.71. The summed E-state index contributed by atoms with van der Waals surface area (Å²) in [5.41, 5.74) is 3.21. The molecule has 0 aliphatic heterocycles. The molecule has 136 valence electrons. The third-order valence-corrected chi connectivity index (χ3v) is 4.71. The fraction of sp³-hybridized carbons (Fsp3) is 0.217. The number of aryl methyl sites for hydroxylation is 1. The largest absolute Gasteiger partial charge is 0.368 e. The SMILES string of the molecule is Cc1ccc2nc(-c3ccc4ccccc4c3)nc(NCCN(C)C)c2c1. The first-order chi connectivity index (χ1) is 13.1. The molecule has 4 rings (SSSR count). The average Bonchev–Trinajstić information content (AvgIpc) is 2.67. The highest BCUT2D eigenvalue weighted by atomic mass is 15.1. The van der Waals surface area contributed by atoms with Crippen LogP contribution in [0.4, 0.5) is 5.82 Å². The highest BCUT2D eigenvalue weighted by Crippen LogP contribution is 2.27. The molecule has 0 fully saturated rings. The van der Waals surface area contributed by atoms with E-state index in [2.05, 4.69) is 91.9 Å². The summed E-state index contributed by atoms with van der Waals surface area (Å²) in [6, 6.07) is 21.1. The van der Waals surface area contributed by atoms with Crippen molar-refractivity contribution in [3.8, 4) is 11.4 Å². The van der Waals surface area contributed by atoms with Crippen molar-refractivity contribution in [1.29, 1.82) is 0 Å². The van der Waals surface area contributed by atoms with Crippen LogP contribution in [0.2, 0.25) is 0 Å². The van der Waals surface area contributed by atoms with Gasteiger partial charge in [-0.1, -0.05) is 48.0 Å². The van der Waals surface area contributed by atoms with Crippen molar-refractivity contribution in [3.63, 3.8) is 0 Å². The van der Waals surface area contributed by atoms with Crippen LogP contribution in [-0.4, -0.2) is 42.1 Å². The Morgan fingerprint density at radius 2 is 1.70 bits per heavy atom. The molecular formula is C23H24N4. The topological polar surface area (TPSA) is 41.1 Å². The van der Waals surface area contributed by atoms with Crippen LogP contribution in [0.15, 0.2) is 60.7 Å². The Hall–Kier alpha value is -2.98. The minimum atomic E-state index is 0.754. The highest BCUT2D eigenvalue weighted by molar-refractivity contribution is 5.92. The Balaban J connectivity index is 1.80. The zero-order valence-corrected chi connectivity index (χ0v) is 16.0. The molecule has 27 heavy (non-hydrogen) atoms. The number of likely N-dealkylation sites (N-methyl/N-ethyl adjacent to an activating group) is 1. The van der Waals surface area contributed by atoms with Gasteiger partial charge in [0.05, 0.1) is 5.52 Å². The smallest absolute Gasteiger partial charge is 0.162 e. The molecule has 0 unspecified atom stereocenters. The van der Waals surface area contributed by atoms with Gasteiger partial charge in [-0.2, -0.15) is 0 Å². The van der Waals surface area contributed by atoms with E-state index >= 15 is 0 Å². The Morgan fingerprint density at radius 1 is 0.889 bits per heavy atom. The van der Waals surface area contributed by atoms with Crippen molar-refractivity contribution in [1.82, 2.24) is 14.9 Å². The number of hydrogen-bond donors (Lipinski definition) is 1. The molecule has 1 N–H and O–H groups in total. The highest BCUT2D eigenvalue weighted by Gasteiger charge is 2.10. The normalized spacial score (nSPS) is 11.4. The number of aromatic nitrogens is 2. The number of fused-ring (bicyclic) bond motifs is 2. The number of nitrogens with one attached hydrogen (secondary N) is 1. The van der Waals surface area contributed by atoms with Gasteiger partial charge in [0, 0.05) is 24.0 Å². The first-order valence-electron chi connectivity index (χ1n) is 9.26. The minimum absolute atomic E-state index is 0.754. The van der Waals surface area contributed by atoms with Crippen LogP contribution in [0.25, 0.3) is 33.1 Å². The Kier molecular flexibility index (Phi) is 4.73. The predicted octanol–water partition coefficient (Wildman–Crippen LogP) is 4.73. The average molecular weight is 356 g/mol. The quantitative estimate of drug-likeness (QED) is 0.561. The Bertz CT molecular complexity index is 1100. The van der Waals surface area contributed by atoms with Gasteiger partial charge in [-0.15, -0.1) is 0 Å². The van der Waals surface area contributed by atoms with Crippen LogP contribution in [0.1, 0.15) is 5.56 Å². The lowest BCUT2D eigenvalue weighted by atomic mass is 10.1. The summed E-state index contributed by atoms with van der Waals surface area (Å²) >= 11 is 0. The van der Waals surface area contributed by atoms with Gasteiger partial charge in [0.15, 0.2) is 5.82 Å². The van der Waals surface area contributed by atoms with Crippen molar-refractivity contribution in [2.24, 2.45) is 0 Å². The summed E-state index contributed by atoms with van der Waals surface area (Å²) in [7, 11) is 4.15. The van der Waals surface area contributed by atoms with Crippen LogP contribution in [0, 0.1) is 6.92 Å². The summed E-state index contributed by atoms with van der Waals surface area (Å²) < 4.78 is 0. The zero-order valence-electron chi connectivity index (χ0n) is 16.0. The molecule has 0 spiro atoms. The summed E-state index contributed by atoms with van der Waals surface area (Å²) in [6.45, 7) is 3.88. The number of anilines is 1. The van der Waals surface area contributed by atoms with Gasteiger partial charge in [-0.25, -0.2) is 9.97 Å². The monoisotopic (exact) mass is 356 g/mol. The maximum atomic E-state index is 4.88. The summed E-state index contributed by atoms with van der Waals surface area (Å²) in [4.78, 5) is 11.9. The Morgan fingerprint density at radius 3 is 2.52 bits per heavy atom. The molecule has 1 heterocycles. The van der Waals surface area contributed by atoms with E-state index in [9.17, 15) is 0 Å². The summed E-state index contributed by atoms with van der Waals surface area (Å²) in [5.74, 6) is 1.65.